The van der Waals surface area contributed by atoms with E-state index in [1.54, 1.807) is 0 Å². The Bertz CT molecular complexity index is 484. The van der Waals surface area contributed by atoms with Crippen molar-refractivity contribution in [3.05, 3.63) is 35.4 Å². The Balaban J connectivity index is 1.93. The van der Waals surface area contributed by atoms with Gasteiger partial charge in [-0.25, -0.2) is 0 Å². The standard InChI is InChI=1S/C19H30N2O/c1-4-5-10-19(22)20-13-18(15(2)3)21-12-11-16-8-6-7-9-17(16)14-21/h6-9,15,18H,4-5,10-14H2,1-3H3,(H,20,22). The van der Waals surface area contributed by atoms with Gasteiger partial charge in [0.05, 0.1) is 0 Å². The minimum atomic E-state index is 0.199. The van der Waals surface area contributed by atoms with Crippen LogP contribution in [0.1, 0.15) is 51.2 Å². The number of nitrogens with one attached hydrogen (secondary N) is 1. The van der Waals surface area contributed by atoms with Gasteiger partial charge < -0.3 is 5.32 Å². The quantitative estimate of drug-likeness (QED) is 0.837. The van der Waals surface area contributed by atoms with E-state index in [-0.39, 0.29) is 5.91 Å². The van der Waals surface area contributed by atoms with E-state index >= 15 is 0 Å². The average Bonchev–Trinajstić information content (AvgIpc) is 2.52. The van der Waals surface area contributed by atoms with Gasteiger partial charge >= 0.3 is 0 Å². The Morgan fingerprint density at radius 3 is 2.68 bits per heavy atom. The number of rotatable bonds is 7. The van der Waals surface area contributed by atoms with E-state index in [2.05, 4.69) is 55.3 Å². The molecule has 1 aromatic carbocycles. The summed E-state index contributed by atoms with van der Waals surface area (Å²) < 4.78 is 0. The molecule has 3 heteroatoms. The maximum Gasteiger partial charge on any atom is 0.220 e. The molecule has 0 saturated heterocycles. The summed E-state index contributed by atoms with van der Waals surface area (Å²) in [5.41, 5.74) is 2.92. The van der Waals surface area contributed by atoms with Crippen LogP contribution in [0.5, 0.6) is 0 Å². The van der Waals surface area contributed by atoms with Crippen molar-refractivity contribution in [1.82, 2.24) is 10.2 Å². The first kappa shape index (κ1) is 17.0. The maximum absolute atomic E-state index is 11.9. The normalized spacial score (nSPS) is 16.4. The molecule has 1 amide bonds. The molecule has 0 bridgehead atoms. The number of nitrogens with zero attached hydrogens (tertiary/aromatic N) is 1. The zero-order valence-electron chi connectivity index (χ0n) is 14.3. The minimum absolute atomic E-state index is 0.199. The lowest BCUT2D eigenvalue weighted by molar-refractivity contribution is -0.121. The van der Waals surface area contributed by atoms with Crippen molar-refractivity contribution < 1.29 is 4.79 Å². The van der Waals surface area contributed by atoms with Gasteiger partial charge in [0.25, 0.3) is 0 Å². The number of benzene rings is 1. The number of amides is 1. The predicted molar refractivity (Wildman–Crippen MR) is 91.7 cm³/mol. The number of unbranched alkanes of at least 4 members (excludes halogenated alkanes) is 1. The van der Waals surface area contributed by atoms with E-state index < -0.39 is 0 Å². The number of carbonyl (C=O) groups is 1. The van der Waals surface area contributed by atoms with Crippen molar-refractivity contribution in [2.45, 2.75) is 59.0 Å². The van der Waals surface area contributed by atoms with Crippen LogP contribution in [-0.4, -0.2) is 29.9 Å². The fourth-order valence-corrected chi connectivity index (χ4v) is 3.23. The summed E-state index contributed by atoms with van der Waals surface area (Å²) >= 11 is 0. The highest BCUT2D eigenvalue weighted by molar-refractivity contribution is 5.75. The van der Waals surface area contributed by atoms with Gasteiger partial charge in [0.15, 0.2) is 0 Å². The zero-order chi connectivity index (χ0) is 15.9. The van der Waals surface area contributed by atoms with Gasteiger partial charge in [-0.1, -0.05) is 51.5 Å². The van der Waals surface area contributed by atoms with Gasteiger partial charge in [0.2, 0.25) is 5.91 Å². The molecule has 1 heterocycles. The second-order valence-electron chi connectivity index (χ2n) is 6.71. The number of hydrogen-bond acceptors (Lipinski definition) is 2. The van der Waals surface area contributed by atoms with E-state index in [1.807, 2.05) is 0 Å². The molecule has 1 N–H and O–H groups in total. The highest BCUT2D eigenvalue weighted by atomic mass is 16.1. The van der Waals surface area contributed by atoms with Gasteiger partial charge in [0.1, 0.15) is 0 Å². The molecular formula is C19H30N2O. The number of fused-ring (bicyclic) bond motifs is 1. The lowest BCUT2D eigenvalue weighted by Gasteiger charge is -2.38. The van der Waals surface area contributed by atoms with Crippen molar-refractivity contribution in [3.63, 3.8) is 0 Å². The fraction of sp³-hybridized carbons (Fsp3) is 0.632. The second-order valence-corrected chi connectivity index (χ2v) is 6.71. The first-order valence-corrected chi connectivity index (χ1v) is 8.69. The molecule has 1 aromatic rings. The summed E-state index contributed by atoms with van der Waals surface area (Å²) in [6, 6.07) is 9.14. The summed E-state index contributed by atoms with van der Waals surface area (Å²) in [5, 5.41) is 3.14. The second kappa shape index (κ2) is 8.33. The Morgan fingerprint density at radius 2 is 2.00 bits per heavy atom. The van der Waals surface area contributed by atoms with Crippen LogP contribution in [0.15, 0.2) is 24.3 Å². The predicted octanol–water partition coefficient (Wildman–Crippen LogP) is 3.38. The fourth-order valence-electron chi connectivity index (χ4n) is 3.23. The highest BCUT2D eigenvalue weighted by Gasteiger charge is 2.25. The largest absolute Gasteiger partial charge is 0.355 e. The third kappa shape index (κ3) is 4.57. The van der Waals surface area contributed by atoms with Gasteiger partial charge in [0, 0.05) is 32.1 Å². The van der Waals surface area contributed by atoms with Crippen molar-refractivity contribution in [2.24, 2.45) is 5.92 Å². The van der Waals surface area contributed by atoms with E-state index in [0.717, 1.165) is 38.9 Å². The summed E-state index contributed by atoms with van der Waals surface area (Å²) in [6.07, 6.45) is 3.83. The van der Waals surface area contributed by atoms with Crippen LogP contribution in [0, 0.1) is 5.92 Å². The molecule has 0 aliphatic carbocycles. The van der Waals surface area contributed by atoms with E-state index in [0.29, 0.717) is 18.4 Å². The molecular weight excluding hydrogens is 272 g/mol. The van der Waals surface area contributed by atoms with Crippen LogP contribution in [0.4, 0.5) is 0 Å². The van der Waals surface area contributed by atoms with E-state index in [1.165, 1.54) is 11.1 Å². The number of hydrogen-bond donors (Lipinski definition) is 1. The monoisotopic (exact) mass is 302 g/mol. The smallest absolute Gasteiger partial charge is 0.220 e. The van der Waals surface area contributed by atoms with Gasteiger partial charge in [-0.3, -0.25) is 9.69 Å². The Morgan fingerprint density at radius 1 is 1.27 bits per heavy atom. The molecule has 22 heavy (non-hydrogen) atoms. The lowest BCUT2D eigenvalue weighted by atomic mass is 9.95. The van der Waals surface area contributed by atoms with Gasteiger partial charge in [-0.15, -0.1) is 0 Å². The molecule has 3 nitrogen and oxygen atoms in total. The van der Waals surface area contributed by atoms with E-state index in [9.17, 15) is 4.79 Å². The molecule has 2 rings (SSSR count). The van der Waals surface area contributed by atoms with Gasteiger partial charge in [-0.05, 0) is 29.9 Å². The third-order valence-corrected chi connectivity index (χ3v) is 4.66. The molecule has 0 spiro atoms. The van der Waals surface area contributed by atoms with E-state index in [4.69, 9.17) is 0 Å². The number of carbonyl (C=O) groups excluding carboxylic acids is 1. The summed E-state index contributed by atoms with van der Waals surface area (Å²) in [6.45, 7) is 9.49. The van der Waals surface area contributed by atoms with Crippen LogP contribution in [0.2, 0.25) is 0 Å². The van der Waals surface area contributed by atoms with Crippen LogP contribution in [-0.2, 0) is 17.8 Å². The molecule has 1 aliphatic heterocycles. The van der Waals surface area contributed by atoms with Crippen LogP contribution in [0.25, 0.3) is 0 Å². The van der Waals surface area contributed by atoms with Crippen molar-refractivity contribution in [2.75, 3.05) is 13.1 Å². The molecule has 0 radical (unpaired) electrons. The maximum atomic E-state index is 11.9. The molecule has 1 unspecified atom stereocenters. The molecule has 0 fully saturated rings. The third-order valence-electron chi connectivity index (χ3n) is 4.66. The molecule has 0 aromatic heterocycles. The summed E-state index contributed by atoms with van der Waals surface area (Å²) in [7, 11) is 0. The molecule has 0 saturated carbocycles. The molecule has 1 atom stereocenters. The van der Waals surface area contributed by atoms with Crippen molar-refractivity contribution >= 4 is 5.91 Å². The SMILES string of the molecule is CCCCC(=O)NCC(C(C)C)N1CCc2ccccc2C1. The molecule has 1 aliphatic rings. The van der Waals surface area contributed by atoms with Crippen LogP contribution >= 0.6 is 0 Å². The Kier molecular flexibility index (Phi) is 6.44. The van der Waals surface area contributed by atoms with Crippen LogP contribution in [0.3, 0.4) is 0 Å². The minimum Gasteiger partial charge on any atom is -0.355 e. The molecule has 122 valence electrons. The average molecular weight is 302 g/mol. The van der Waals surface area contributed by atoms with Crippen LogP contribution < -0.4 is 5.32 Å². The first-order chi connectivity index (χ1) is 10.6. The highest BCUT2D eigenvalue weighted by Crippen LogP contribution is 2.22. The first-order valence-electron chi connectivity index (χ1n) is 8.69. The van der Waals surface area contributed by atoms with Crippen molar-refractivity contribution in [1.29, 1.82) is 0 Å². The Labute approximate surface area is 135 Å². The summed E-state index contributed by atoms with van der Waals surface area (Å²) in [4.78, 5) is 14.4. The van der Waals surface area contributed by atoms with Gasteiger partial charge in [-0.2, -0.15) is 0 Å². The Hall–Kier alpha value is -1.35. The zero-order valence-corrected chi connectivity index (χ0v) is 14.3. The van der Waals surface area contributed by atoms with Crippen molar-refractivity contribution in [3.8, 4) is 0 Å². The summed E-state index contributed by atoms with van der Waals surface area (Å²) in [5.74, 6) is 0.738. The lowest BCUT2D eigenvalue weighted by Crippen LogP contribution is -2.48. The topological polar surface area (TPSA) is 32.3 Å².